The van der Waals surface area contributed by atoms with Crippen LogP contribution in [-0.4, -0.2) is 0 Å². The van der Waals surface area contributed by atoms with Crippen LogP contribution in [0, 0.1) is 11.3 Å². The first kappa shape index (κ1) is 14.7. The maximum Gasteiger partial charge on any atom is 0.127 e. The summed E-state index contributed by atoms with van der Waals surface area (Å²) in [7, 11) is 0. The van der Waals surface area contributed by atoms with E-state index in [1.165, 1.54) is 0 Å². The average molecular weight is 301 g/mol. The largest absolute Gasteiger partial charge is 0.457 e. The molecule has 23 heavy (non-hydrogen) atoms. The van der Waals surface area contributed by atoms with E-state index in [1.54, 1.807) is 0 Å². The molecule has 0 saturated carbocycles. The highest BCUT2D eigenvalue weighted by Gasteiger charge is 2.01. The Bertz CT molecular complexity index is 805. The number of nitrogens with zero attached hydrogens (tertiary/aromatic N) is 1. The van der Waals surface area contributed by atoms with E-state index in [1.807, 2.05) is 78.9 Å². The molecule has 3 heteroatoms. The van der Waals surface area contributed by atoms with Crippen LogP contribution in [0.25, 0.3) is 0 Å². The van der Waals surface area contributed by atoms with E-state index in [-0.39, 0.29) is 0 Å². The van der Waals surface area contributed by atoms with Crippen molar-refractivity contribution in [1.82, 2.24) is 0 Å². The molecule has 3 nitrogen and oxygen atoms in total. The quantitative estimate of drug-likeness (QED) is 0.639. The highest BCUT2D eigenvalue weighted by atomic mass is 16.5. The van der Waals surface area contributed by atoms with Crippen molar-refractivity contribution in [2.24, 2.45) is 0 Å². The fourth-order valence-corrected chi connectivity index (χ4v) is 2.15. The predicted octanol–water partition coefficient (Wildman–Crippen LogP) is 5.34. The summed E-state index contributed by atoms with van der Waals surface area (Å²) in [5, 5.41) is 8.75. The molecule has 0 heterocycles. The molecule has 0 atom stereocenters. The molecular weight excluding hydrogens is 286 g/mol. The normalized spacial score (nSPS) is 9.87. The van der Waals surface area contributed by atoms with E-state index in [9.17, 15) is 0 Å². The topological polar surface area (TPSA) is 42.2 Å². The van der Waals surface area contributed by atoms with E-state index in [0.29, 0.717) is 6.42 Å². The molecule has 0 unspecified atom stereocenters. The number of para-hydroxylation sites is 1. The molecule has 0 aliphatic heterocycles. The van der Waals surface area contributed by atoms with Crippen molar-refractivity contribution in [3.8, 4) is 29.1 Å². The summed E-state index contributed by atoms with van der Waals surface area (Å²) in [6, 6.07) is 26.7. The Morgan fingerprint density at radius 1 is 0.652 bits per heavy atom. The summed E-state index contributed by atoms with van der Waals surface area (Å²) >= 11 is 0. The Labute approximate surface area is 135 Å². The third-order valence-electron chi connectivity index (χ3n) is 3.22. The van der Waals surface area contributed by atoms with Crippen LogP contribution in [0.4, 0.5) is 0 Å². The van der Waals surface area contributed by atoms with Crippen LogP contribution in [0.5, 0.6) is 23.0 Å². The van der Waals surface area contributed by atoms with Crippen LogP contribution >= 0.6 is 0 Å². The van der Waals surface area contributed by atoms with Gasteiger partial charge in [-0.2, -0.15) is 5.26 Å². The summed E-state index contributed by atoms with van der Waals surface area (Å²) in [6.45, 7) is 0. The molecule has 0 fully saturated rings. The van der Waals surface area contributed by atoms with Crippen molar-refractivity contribution >= 4 is 0 Å². The maximum absolute atomic E-state index is 8.75. The van der Waals surface area contributed by atoms with Crippen molar-refractivity contribution in [2.75, 3.05) is 0 Å². The third-order valence-corrected chi connectivity index (χ3v) is 3.22. The summed E-state index contributed by atoms with van der Waals surface area (Å²) in [5.74, 6) is 2.99. The van der Waals surface area contributed by atoms with Crippen LogP contribution in [0.1, 0.15) is 5.56 Å². The molecule has 0 aliphatic rings. The van der Waals surface area contributed by atoms with Crippen molar-refractivity contribution in [2.45, 2.75) is 6.42 Å². The second-order valence-corrected chi connectivity index (χ2v) is 4.97. The monoisotopic (exact) mass is 301 g/mol. The second kappa shape index (κ2) is 7.15. The molecule has 0 saturated heterocycles. The van der Waals surface area contributed by atoms with Crippen LogP contribution in [-0.2, 0) is 6.42 Å². The Hall–Kier alpha value is -3.25. The Balaban J connectivity index is 1.68. The molecule has 3 rings (SSSR count). The van der Waals surface area contributed by atoms with Crippen LogP contribution in [0.2, 0.25) is 0 Å². The molecule has 0 spiro atoms. The number of hydrogen-bond acceptors (Lipinski definition) is 3. The molecule has 0 aromatic heterocycles. The van der Waals surface area contributed by atoms with Gasteiger partial charge in [0.1, 0.15) is 23.0 Å². The van der Waals surface area contributed by atoms with Crippen molar-refractivity contribution in [3.05, 3.63) is 84.4 Å². The molecule has 3 aromatic rings. The lowest BCUT2D eigenvalue weighted by Crippen LogP contribution is -1.88. The molecule has 112 valence electrons. The van der Waals surface area contributed by atoms with Gasteiger partial charge >= 0.3 is 0 Å². The minimum absolute atomic E-state index is 0.376. The first-order chi connectivity index (χ1) is 11.3. The SMILES string of the molecule is N#CCc1cccc(Oc2ccc(Oc3ccccc3)cc2)c1. The van der Waals surface area contributed by atoms with Gasteiger partial charge in [-0.25, -0.2) is 0 Å². The van der Waals surface area contributed by atoms with Gasteiger partial charge in [-0.05, 0) is 54.1 Å². The number of hydrogen-bond donors (Lipinski definition) is 0. The van der Waals surface area contributed by atoms with Gasteiger partial charge in [0.05, 0.1) is 12.5 Å². The zero-order chi connectivity index (χ0) is 15.9. The van der Waals surface area contributed by atoms with Gasteiger partial charge in [0.25, 0.3) is 0 Å². The van der Waals surface area contributed by atoms with E-state index in [4.69, 9.17) is 14.7 Å². The van der Waals surface area contributed by atoms with E-state index < -0.39 is 0 Å². The summed E-state index contributed by atoms with van der Waals surface area (Å²) in [5.41, 5.74) is 0.939. The van der Waals surface area contributed by atoms with Gasteiger partial charge in [-0.15, -0.1) is 0 Å². The molecular formula is C20H15NO2. The summed E-state index contributed by atoms with van der Waals surface area (Å²) in [6.07, 6.45) is 0.376. The van der Waals surface area contributed by atoms with E-state index in [0.717, 1.165) is 28.6 Å². The third kappa shape index (κ3) is 4.12. The zero-order valence-electron chi connectivity index (χ0n) is 12.5. The standard InChI is InChI=1S/C20H15NO2/c21-14-13-16-5-4-8-20(15-16)23-19-11-9-18(10-12-19)22-17-6-2-1-3-7-17/h1-12,15H,13H2. The van der Waals surface area contributed by atoms with Gasteiger partial charge in [-0.3, -0.25) is 0 Å². The van der Waals surface area contributed by atoms with E-state index in [2.05, 4.69) is 6.07 Å². The zero-order valence-corrected chi connectivity index (χ0v) is 12.5. The number of nitriles is 1. The lowest BCUT2D eigenvalue weighted by Gasteiger charge is -2.09. The van der Waals surface area contributed by atoms with Crippen molar-refractivity contribution < 1.29 is 9.47 Å². The van der Waals surface area contributed by atoms with Gasteiger partial charge < -0.3 is 9.47 Å². The first-order valence-corrected chi connectivity index (χ1v) is 7.30. The second-order valence-electron chi connectivity index (χ2n) is 4.97. The molecule has 0 N–H and O–H groups in total. The fourth-order valence-electron chi connectivity index (χ4n) is 2.15. The molecule has 3 aromatic carbocycles. The van der Waals surface area contributed by atoms with Gasteiger partial charge in [0.2, 0.25) is 0 Å². The lowest BCUT2D eigenvalue weighted by atomic mass is 10.1. The number of benzene rings is 3. The van der Waals surface area contributed by atoms with Gasteiger partial charge in [0, 0.05) is 0 Å². The minimum atomic E-state index is 0.376. The fraction of sp³-hybridized carbons (Fsp3) is 0.0500. The summed E-state index contributed by atoms with van der Waals surface area (Å²) in [4.78, 5) is 0. The van der Waals surface area contributed by atoms with Gasteiger partial charge in [-0.1, -0.05) is 30.3 Å². The number of ether oxygens (including phenoxy) is 2. The smallest absolute Gasteiger partial charge is 0.127 e. The minimum Gasteiger partial charge on any atom is -0.457 e. The predicted molar refractivity (Wildman–Crippen MR) is 88.8 cm³/mol. The van der Waals surface area contributed by atoms with Crippen LogP contribution in [0.15, 0.2) is 78.9 Å². The van der Waals surface area contributed by atoms with Crippen LogP contribution in [0.3, 0.4) is 0 Å². The van der Waals surface area contributed by atoms with Gasteiger partial charge in [0.15, 0.2) is 0 Å². The maximum atomic E-state index is 8.75. The lowest BCUT2D eigenvalue weighted by molar-refractivity contribution is 0.469. The van der Waals surface area contributed by atoms with E-state index >= 15 is 0 Å². The Morgan fingerprint density at radius 3 is 1.87 bits per heavy atom. The highest BCUT2D eigenvalue weighted by molar-refractivity contribution is 5.39. The average Bonchev–Trinajstić information content (AvgIpc) is 2.58. The first-order valence-electron chi connectivity index (χ1n) is 7.30. The molecule has 0 amide bonds. The Kier molecular flexibility index (Phi) is 4.56. The molecule has 0 bridgehead atoms. The number of rotatable bonds is 5. The highest BCUT2D eigenvalue weighted by Crippen LogP contribution is 2.27. The molecule has 0 radical (unpaired) electrons. The van der Waals surface area contributed by atoms with Crippen molar-refractivity contribution in [3.63, 3.8) is 0 Å². The van der Waals surface area contributed by atoms with Crippen LogP contribution < -0.4 is 9.47 Å². The van der Waals surface area contributed by atoms with Crippen molar-refractivity contribution in [1.29, 1.82) is 5.26 Å². The Morgan fingerprint density at radius 2 is 1.22 bits per heavy atom. The molecule has 0 aliphatic carbocycles. The summed E-state index contributed by atoms with van der Waals surface area (Å²) < 4.78 is 11.5.